The standard InChI is InChI=1S/C7H12O4/c1-3-5(9)6(4(2)8)11-7(3)10/h3-6,8-9H,1-2H3/t3-,4+,5-,6+/m0/s1. The van der Waals surface area contributed by atoms with Crippen LogP contribution in [0.3, 0.4) is 0 Å². The highest BCUT2D eigenvalue weighted by Gasteiger charge is 2.42. The number of rotatable bonds is 1. The normalized spacial score (nSPS) is 40.4. The Balaban J connectivity index is 2.67. The lowest BCUT2D eigenvalue weighted by molar-refractivity contribution is -0.147. The van der Waals surface area contributed by atoms with Crippen molar-refractivity contribution >= 4 is 5.97 Å². The fraction of sp³-hybridized carbons (Fsp3) is 0.857. The smallest absolute Gasteiger partial charge is 0.311 e. The fourth-order valence-corrected chi connectivity index (χ4v) is 1.12. The molecule has 0 amide bonds. The summed E-state index contributed by atoms with van der Waals surface area (Å²) in [6.45, 7) is 3.06. The van der Waals surface area contributed by atoms with Crippen molar-refractivity contribution in [1.82, 2.24) is 0 Å². The SMILES string of the molecule is C[C@@H]1C(=O)O[C@H]([C@@H](C)O)[C@H]1O. The summed E-state index contributed by atoms with van der Waals surface area (Å²) in [7, 11) is 0. The molecular formula is C7H12O4. The van der Waals surface area contributed by atoms with Crippen LogP contribution in [0.5, 0.6) is 0 Å². The van der Waals surface area contributed by atoms with E-state index in [2.05, 4.69) is 0 Å². The zero-order valence-electron chi connectivity index (χ0n) is 6.52. The van der Waals surface area contributed by atoms with E-state index in [4.69, 9.17) is 9.84 Å². The van der Waals surface area contributed by atoms with Gasteiger partial charge in [-0.05, 0) is 13.8 Å². The highest BCUT2D eigenvalue weighted by molar-refractivity contribution is 5.75. The summed E-state index contributed by atoms with van der Waals surface area (Å²) < 4.78 is 4.71. The van der Waals surface area contributed by atoms with Gasteiger partial charge in [-0.15, -0.1) is 0 Å². The Labute approximate surface area is 64.8 Å². The predicted molar refractivity (Wildman–Crippen MR) is 36.7 cm³/mol. The van der Waals surface area contributed by atoms with Gasteiger partial charge in [-0.3, -0.25) is 4.79 Å². The molecule has 0 aromatic heterocycles. The molecule has 1 heterocycles. The molecule has 1 rings (SSSR count). The summed E-state index contributed by atoms with van der Waals surface area (Å²) in [6.07, 6.45) is -2.43. The molecule has 0 aromatic carbocycles. The van der Waals surface area contributed by atoms with E-state index < -0.39 is 30.2 Å². The lowest BCUT2D eigenvalue weighted by Gasteiger charge is -2.15. The number of hydrogen-bond donors (Lipinski definition) is 2. The molecule has 2 N–H and O–H groups in total. The zero-order chi connectivity index (χ0) is 8.59. The van der Waals surface area contributed by atoms with Gasteiger partial charge in [-0.25, -0.2) is 0 Å². The maximum atomic E-state index is 10.8. The molecule has 4 atom stereocenters. The Morgan fingerprint density at radius 1 is 1.64 bits per heavy atom. The highest BCUT2D eigenvalue weighted by atomic mass is 16.6. The quantitative estimate of drug-likeness (QED) is 0.497. The summed E-state index contributed by atoms with van der Waals surface area (Å²) in [5.41, 5.74) is 0. The van der Waals surface area contributed by atoms with E-state index in [-0.39, 0.29) is 0 Å². The largest absolute Gasteiger partial charge is 0.457 e. The van der Waals surface area contributed by atoms with Crippen LogP contribution in [-0.2, 0) is 9.53 Å². The third-order valence-corrected chi connectivity index (χ3v) is 1.95. The Hall–Kier alpha value is -0.610. The number of ether oxygens (including phenoxy) is 1. The van der Waals surface area contributed by atoms with Gasteiger partial charge in [0.25, 0.3) is 0 Å². The fourth-order valence-electron chi connectivity index (χ4n) is 1.12. The van der Waals surface area contributed by atoms with Crippen molar-refractivity contribution in [2.24, 2.45) is 5.92 Å². The Morgan fingerprint density at radius 3 is 2.36 bits per heavy atom. The van der Waals surface area contributed by atoms with Crippen molar-refractivity contribution in [3.8, 4) is 0 Å². The number of aliphatic hydroxyl groups excluding tert-OH is 2. The molecule has 1 aliphatic heterocycles. The van der Waals surface area contributed by atoms with Crippen LogP contribution >= 0.6 is 0 Å². The number of esters is 1. The molecule has 4 nitrogen and oxygen atoms in total. The first kappa shape index (κ1) is 8.49. The molecule has 0 aromatic rings. The number of aliphatic hydroxyl groups is 2. The number of carbonyl (C=O) groups is 1. The van der Waals surface area contributed by atoms with Crippen molar-refractivity contribution < 1.29 is 19.7 Å². The van der Waals surface area contributed by atoms with Crippen LogP contribution in [0, 0.1) is 5.92 Å². The molecule has 1 aliphatic rings. The predicted octanol–water partition coefficient (Wildman–Crippen LogP) is -0.710. The van der Waals surface area contributed by atoms with Crippen LogP contribution < -0.4 is 0 Å². The molecule has 0 spiro atoms. The molecule has 0 bridgehead atoms. The van der Waals surface area contributed by atoms with E-state index in [0.717, 1.165) is 0 Å². The van der Waals surface area contributed by atoms with Crippen LogP contribution in [0.1, 0.15) is 13.8 Å². The van der Waals surface area contributed by atoms with Gasteiger partial charge < -0.3 is 14.9 Å². The minimum absolute atomic E-state index is 0.441. The molecule has 0 unspecified atom stereocenters. The highest BCUT2D eigenvalue weighted by Crippen LogP contribution is 2.23. The van der Waals surface area contributed by atoms with Crippen molar-refractivity contribution in [2.75, 3.05) is 0 Å². The average molecular weight is 160 g/mol. The molecule has 4 heteroatoms. The summed E-state index contributed by atoms with van der Waals surface area (Å²) in [5.74, 6) is -0.960. The van der Waals surface area contributed by atoms with Crippen molar-refractivity contribution in [2.45, 2.75) is 32.2 Å². The molecule has 0 aliphatic carbocycles. The molecule has 0 radical (unpaired) electrons. The van der Waals surface area contributed by atoms with E-state index in [1.165, 1.54) is 6.92 Å². The van der Waals surface area contributed by atoms with Gasteiger partial charge >= 0.3 is 5.97 Å². The van der Waals surface area contributed by atoms with Gasteiger partial charge in [-0.1, -0.05) is 0 Å². The Bertz CT molecular complexity index is 166. The van der Waals surface area contributed by atoms with E-state index >= 15 is 0 Å². The van der Waals surface area contributed by atoms with E-state index in [0.29, 0.717) is 0 Å². The zero-order valence-corrected chi connectivity index (χ0v) is 6.52. The topological polar surface area (TPSA) is 66.8 Å². The van der Waals surface area contributed by atoms with E-state index in [9.17, 15) is 9.90 Å². The monoisotopic (exact) mass is 160 g/mol. The number of hydrogen-bond acceptors (Lipinski definition) is 4. The second-order valence-corrected chi connectivity index (χ2v) is 2.92. The van der Waals surface area contributed by atoms with Gasteiger partial charge in [0, 0.05) is 0 Å². The second kappa shape index (κ2) is 2.79. The first-order chi connectivity index (χ1) is 5.04. The maximum Gasteiger partial charge on any atom is 0.311 e. The van der Waals surface area contributed by atoms with Crippen molar-refractivity contribution in [3.63, 3.8) is 0 Å². The average Bonchev–Trinajstić information content (AvgIpc) is 2.17. The summed E-state index contributed by atoms with van der Waals surface area (Å²) >= 11 is 0. The van der Waals surface area contributed by atoms with Crippen LogP contribution in [0.25, 0.3) is 0 Å². The third kappa shape index (κ3) is 1.36. The Morgan fingerprint density at radius 2 is 2.18 bits per heavy atom. The van der Waals surface area contributed by atoms with Gasteiger partial charge in [0.05, 0.1) is 12.0 Å². The molecule has 1 fully saturated rings. The number of carbonyl (C=O) groups excluding carboxylic acids is 1. The molecule has 64 valence electrons. The molecule has 1 saturated heterocycles. The van der Waals surface area contributed by atoms with Gasteiger partial charge in [0.1, 0.15) is 6.10 Å². The lowest BCUT2D eigenvalue weighted by atomic mass is 10.0. The number of cyclic esters (lactones) is 1. The summed E-state index contributed by atoms with van der Waals surface area (Å²) in [5, 5.41) is 18.3. The first-order valence-electron chi connectivity index (χ1n) is 3.60. The van der Waals surface area contributed by atoms with Crippen LogP contribution in [0.15, 0.2) is 0 Å². The lowest BCUT2D eigenvalue weighted by Crippen LogP contribution is -2.34. The molecular weight excluding hydrogens is 148 g/mol. The third-order valence-electron chi connectivity index (χ3n) is 1.95. The molecule has 11 heavy (non-hydrogen) atoms. The maximum absolute atomic E-state index is 10.8. The van der Waals surface area contributed by atoms with Crippen LogP contribution in [0.4, 0.5) is 0 Å². The minimum atomic E-state index is -0.873. The van der Waals surface area contributed by atoms with Crippen LogP contribution in [0.2, 0.25) is 0 Å². The molecule has 0 saturated carbocycles. The van der Waals surface area contributed by atoms with E-state index in [1.807, 2.05) is 0 Å². The Kier molecular flexibility index (Phi) is 2.15. The second-order valence-electron chi connectivity index (χ2n) is 2.92. The minimum Gasteiger partial charge on any atom is -0.457 e. The van der Waals surface area contributed by atoms with Gasteiger partial charge in [0.2, 0.25) is 0 Å². The summed E-state index contributed by atoms with van der Waals surface area (Å²) in [4.78, 5) is 10.8. The summed E-state index contributed by atoms with van der Waals surface area (Å²) in [6, 6.07) is 0. The van der Waals surface area contributed by atoms with Crippen molar-refractivity contribution in [3.05, 3.63) is 0 Å². The van der Waals surface area contributed by atoms with Crippen LogP contribution in [-0.4, -0.2) is 34.5 Å². The first-order valence-corrected chi connectivity index (χ1v) is 3.60. The van der Waals surface area contributed by atoms with Gasteiger partial charge in [0.15, 0.2) is 6.10 Å². The van der Waals surface area contributed by atoms with Gasteiger partial charge in [-0.2, -0.15) is 0 Å². The van der Waals surface area contributed by atoms with Crippen molar-refractivity contribution in [1.29, 1.82) is 0 Å². The van der Waals surface area contributed by atoms with E-state index in [1.54, 1.807) is 6.92 Å².